The fraction of sp³-hybridized carbons (Fsp3) is 0.182. The molecule has 82 valence electrons. The van der Waals surface area contributed by atoms with Crippen LogP contribution in [0.5, 0.6) is 0 Å². The molecular formula is C11H9ClN2OS. The van der Waals surface area contributed by atoms with E-state index in [9.17, 15) is 4.79 Å². The van der Waals surface area contributed by atoms with Crippen LogP contribution in [0.15, 0.2) is 24.3 Å². The third kappa shape index (κ3) is 2.28. The van der Waals surface area contributed by atoms with Gasteiger partial charge in [0.1, 0.15) is 0 Å². The molecule has 0 N–H and O–H groups in total. The van der Waals surface area contributed by atoms with Gasteiger partial charge in [0.05, 0.1) is 0 Å². The highest BCUT2D eigenvalue weighted by molar-refractivity contribution is 7.07. The zero-order valence-electron chi connectivity index (χ0n) is 8.61. The number of hydrogen-bond donors (Lipinski definition) is 0. The van der Waals surface area contributed by atoms with E-state index in [0.29, 0.717) is 22.3 Å². The van der Waals surface area contributed by atoms with Crippen molar-refractivity contribution in [2.45, 2.75) is 13.3 Å². The van der Waals surface area contributed by atoms with Crippen LogP contribution in [0.1, 0.15) is 23.1 Å². The standard InChI is InChI=1S/C11H9ClN2OS/c1-2-9(15)11-13-10(14-16-11)7-3-5-8(12)6-4-7/h3-6H,2H2,1H3. The van der Waals surface area contributed by atoms with Crippen molar-refractivity contribution in [2.75, 3.05) is 0 Å². The minimum atomic E-state index is 0.0257. The molecule has 0 radical (unpaired) electrons. The Balaban J connectivity index is 2.31. The molecule has 1 aromatic carbocycles. The number of carbonyl (C=O) groups is 1. The van der Waals surface area contributed by atoms with Crippen LogP contribution in [0.3, 0.4) is 0 Å². The first-order valence-corrected chi connectivity index (χ1v) is 5.98. The largest absolute Gasteiger partial charge is 0.291 e. The molecule has 0 spiro atoms. The summed E-state index contributed by atoms with van der Waals surface area (Å²) in [5.41, 5.74) is 0.871. The van der Waals surface area contributed by atoms with Crippen LogP contribution >= 0.6 is 23.1 Å². The number of nitrogens with zero attached hydrogens (tertiary/aromatic N) is 2. The van der Waals surface area contributed by atoms with Crippen molar-refractivity contribution in [3.05, 3.63) is 34.3 Å². The lowest BCUT2D eigenvalue weighted by Gasteiger charge is -1.94. The van der Waals surface area contributed by atoms with Gasteiger partial charge in [-0.15, -0.1) is 0 Å². The SMILES string of the molecule is CCC(=O)c1nc(-c2ccc(Cl)cc2)ns1. The predicted molar refractivity (Wildman–Crippen MR) is 65.0 cm³/mol. The average molecular weight is 253 g/mol. The highest BCUT2D eigenvalue weighted by atomic mass is 35.5. The fourth-order valence-corrected chi connectivity index (χ4v) is 2.02. The maximum atomic E-state index is 11.4. The van der Waals surface area contributed by atoms with Gasteiger partial charge in [-0.25, -0.2) is 4.98 Å². The number of carbonyl (C=O) groups excluding carboxylic acids is 1. The van der Waals surface area contributed by atoms with E-state index in [1.807, 2.05) is 19.1 Å². The number of hydrogen-bond acceptors (Lipinski definition) is 4. The average Bonchev–Trinajstić information content (AvgIpc) is 2.78. The van der Waals surface area contributed by atoms with Gasteiger partial charge in [-0.1, -0.05) is 18.5 Å². The van der Waals surface area contributed by atoms with Crippen molar-refractivity contribution in [3.63, 3.8) is 0 Å². The molecule has 0 unspecified atom stereocenters. The van der Waals surface area contributed by atoms with Gasteiger partial charge in [-0.2, -0.15) is 4.37 Å². The number of Topliss-reactive ketones (excluding diaryl/α,β-unsaturated/α-hetero) is 1. The molecule has 0 bridgehead atoms. The molecule has 2 aromatic rings. The molecule has 1 aromatic heterocycles. The minimum Gasteiger partial charge on any atom is -0.291 e. The van der Waals surface area contributed by atoms with Gasteiger partial charge >= 0.3 is 0 Å². The maximum absolute atomic E-state index is 11.4. The molecule has 2 rings (SSSR count). The van der Waals surface area contributed by atoms with E-state index < -0.39 is 0 Å². The molecular weight excluding hydrogens is 244 g/mol. The lowest BCUT2D eigenvalue weighted by atomic mass is 10.2. The smallest absolute Gasteiger partial charge is 0.192 e. The summed E-state index contributed by atoms with van der Waals surface area (Å²) in [6.07, 6.45) is 0.454. The molecule has 0 atom stereocenters. The molecule has 3 nitrogen and oxygen atoms in total. The number of rotatable bonds is 3. The van der Waals surface area contributed by atoms with E-state index >= 15 is 0 Å². The van der Waals surface area contributed by atoms with E-state index in [0.717, 1.165) is 17.1 Å². The molecule has 0 saturated heterocycles. The van der Waals surface area contributed by atoms with Crippen molar-refractivity contribution in [1.82, 2.24) is 9.36 Å². The van der Waals surface area contributed by atoms with Crippen molar-refractivity contribution >= 4 is 28.9 Å². The molecule has 16 heavy (non-hydrogen) atoms. The van der Waals surface area contributed by atoms with E-state index in [4.69, 9.17) is 11.6 Å². The summed E-state index contributed by atoms with van der Waals surface area (Å²) >= 11 is 6.92. The lowest BCUT2D eigenvalue weighted by molar-refractivity contribution is 0.0988. The minimum absolute atomic E-state index is 0.0257. The topological polar surface area (TPSA) is 42.9 Å². The summed E-state index contributed by atoms with van der Waals surface area (Å²) < 4.78 is 4.15. The summed E-state index contributed by atoms with van der Waals surface area (Å²) in [7, 11) is 0. The Labute approximate surface area is 102 Å². The Morgan fingerprint density at radius 1 is 1.38 bits per heavy atom. The second-order valence-corrected chi connectivity index (χ2v) is 4.40. The van der Waals surface area contributed by atoms with Crippen molar-refractivity contribution in [1.29, 1.82) is 0 Å². The van der Waals surface area contributed by atoms with Crippen molar-refractivity contribution < 1.29 is 4.79 Å². The van der Waals surface area contributed by atoms with E-state index in [2.05, 4.69) is 9.36 Å². The van der Waals surface area contributed by atoms with Crippen LogP contribution in [0.4, 0.5) is 0 Å². The highest BCUT2D eigenvalue weighted by Crippen LogP contribution is 2.20. The van der Waals surface area contributed by atoms with E-state index in [1.165, 1.54) is 0 Å². The highest BCUT2D eigenvalue weighted by Gasteiger charge is 2.11. The van der Waals surface area contributed by atoms with Gasteiger partial charge in [0.15, 0.2) is 16.6 Å². The lowest BCUT2D eigenvalue weighted by Crippen LogP contribution is -1.94. The maximum Gasteiger partial charge on any atom is 0.192 e. The molecule has 1 heterocycles. The third-order valence-electron chi connectivity index (χ3n) is 2.09. The van der Waals surface area contributed by atoms with Crippen molar-refractivity contribution in [2.24, 2.45) is 0 Å². The Kier molecular flexibility index (Phi) is 3.31. The predicted octanol–water partition coefficient (Wildman–Crippen LogP) is 3.45. The summed E-state index contributed by atoms with van der Waals surface area (Å²) in [6, 6.07) is 7.23. The van der Waals surface area contributed by atoms with Crippen LogP contribution in [0.2, 0.25) is 5.02 Å². The quantitative estimate of drug-likeness (QED) is 0.786. The first-order valence-electron chi connectivity index (χ1n) is 4.83. The van der Waals surface area contributed by atoms with Crippen LogP contribution in [0.25, 0.3) is 11.4 Å². The van der Waals surface area contributed by atoms with Gasteiger partial charge < -0.3 is 0 Å². The van der Waals surface area contributed by atoms with Gasteiger partial charge in [-0.05, 0) is 35.8 Å². The zero-order chi connectivity index (χ0) is 11.5. The molecule has 5 heteroatoms. The van der Waals surface area contributed by atoms with E-state index in [-0.39, 0.29) is 5.78 Å². The second-order valence-electron chi connectivity index (χ2n) is 3.21. The molecule has 0 amide bonds. The summed E-state index contributed by atoms with van der Waals surface area (Å²) in [4.78, 5) is 15.6. The molecule has 0 aliphatic rings. The van der Waals surface area contributed by atoms with Crippen LogP contribution in [-0.2, 0) is 0 Å². The number of aromatic nitrogens is 2. The summed E-state index contributed by atoms with van der Waals surface area (Å²) in [5.74, 6) is 0.608. The summed E-state index contributed by atoms with van der Waals surface area (Å²) in [6.45, 7) is 1.81. The number of benzene rings is 1. The number of ketones is 1. The fourth-order valence-electron chi connectivity index (χ4n) is 1.20. The van der Waals surface area contributed by atoms with Crippen LogP contribution in [0, 0.1) is 0 Å². The van der Waals surface area contributed by atoms with Gasteiger partial charge in [0.2, 0.25) is 0 Å². The Morgan fingerprint density at radius 2 is 2.06 bits per heavy atom. The zero-order valence-corrected chi connectivity index (χ0v) is 10.2. The van der Waals surface area contributed by atoms with Gasteiger partial charge in [0, 0.05) is 17.0 Å². The Hall–Kier alpha value is -1.26. The third-order valence-corrected chi connectivity index (χ3v) is 3.10. The van der Waals surface area contributed by atoms with Crippen LogP contribution in [-0.4, -0.2) is 15.1 Å². The second kappa shape index (κ2) is 4.72. The van der Waals surface area contributed by atoms with Gasteiger partial charge in [-0.3, -0.25) is 4.79 Å². The van der Waals surface area contributed by atoms with Crippen molar-refractivity contribution in [3.8, 4) is 11.4 Å². The Morgan fingerprint density at radius 3 is 2.69 bits per heavy atom. The molecule has 0 aliphatic heterocycles. The van der Waals surface area contributed by atoms with Gasteiger partial charge in [0.25, 0.3) is 0 Å². The molecule has 0 aliphatic carbocycles. The monoisotopic (exact) mass is 252 g/mol. The first-order chi connectivity index (χ1) is 7.70. The molecule has 0 fully saturated rings. The molecule has 0 saturated carbocycles. The number of halogens is 1. The van der Waals surface area contributed by atoms with E-state index in [1.54, 1.807) is 12.1 Å². The first kappa shape index (κ1) is 11.2. The summed E-state index contributed by atoms with van der Waals surface area (Å²) in [5, 5.41) is 1.14. The normalized spacial score (nSPS) is 10.4. The Bertz CT molecular complexity index is 507. The van der Waals surface area contributed by atoms with Crippen LogP contribution < -0.4 is 0 Å².